The number of hydrogen-bond acceptors (Lipinski definition) is 4. The third-order valence-corrected chi connectivity index (χ3v) is 9.48. The number of aromatic nitrogens is 1. The van der Waals surface area contributed by atoms with Gasteiger partial charge in [-0.05, 0) is 72.6 Å². The minimum Gasteiger partial charge on any atom is -0.316 e. The summed E-state index contributed by atoms with van der Waals surface area (Å²) in [5.41, 5.74) is 2.72. The Labute approximate surface area is 212 Å². The van der Waals surface area contributed by atoms with E-state index in [0.717, 1.165) is 29.6 Å². The minimum absolute atomic E-state index is 0.222. The molecule has 1 aliphatic heterocycles. The van der Waals surface area contributed by atoms with Gasteiger partial charge in [-0.2, -0.15) is 9.30 Å². The fourth-order valence-electron chi connectivity index (χ4n) is 4.85. The number of sulfonamides is 1. The highest BCUT2D eigenvalue weighted by Crippen LogP contribution is 2.27. The lowest BCUT2D eigenvalue weighted by molar-refractivity contribution is 0.0997. The maximum Gasteiger partial charge on any atom is 0.279 e. The smallest absolute Gasteiger partial charge is 0.279 e. The van der Waals surface area contributed by atoms with E-state index in [-0.39, 0.29) is 10.8 Å². The summed E-state index contributed by atoms with van der Waals surface area (Å²) in [6, 6.07) is 12.6. The zero-order valence-electron chi connectivity index (χ0n) is 21.2. The maximum atomic E-state index is 13.2. The summed E-state index contributed by atoms with van der Waals surface area (Å²) < 4.78 is 31.1. The maximum absolute atomic E-state index is 13.2. The van der Waals surface area contributed by atoms with Gasteiger partial charge < -0.3 is 4.57 Å². The molecule has 0 spiro atoms. The van der Waals surface area contributed by atoms with Gasteiger partial charge in [0.25, 0.3) is 5.91 Å². The summed E-state index contributed by atoms with van der Waals surface area (Å²) in [5.74, 6) is 0.728. The Balaban J connectivity index is 1.64. The second-order valence-electron chi connectivity index (χ2n) is 10.1. The number of rotatable bonds is 6. The quantitative estimate of drug-likeness (QED) is 0.428. The van der Waals surface area contributed by atoms with E-state index in [1.807, 2.05) is 0 Å². The number of benzene rings is 2. The van der Waals surface area contributed by atoms with Crippen LogP contribution in [0.5, 0.6) is 0 Å². The lowest BCUT2D eigenvalue weighted by Crippen LogP contribution is -2.42. The average Bonchev–Trinajstić information content (AvgIpc) is 3.14. The molecule has 3 aromatic rings. The second-order valence-corrected chi connectivity index (χ2v) is 13.1. The van der Waals surface area contributed by atoms with Gasteiger partial charge in [-0.25, -0.2) is 8.42 Å². The number of nitrogens with zero attached hydrogens (tertiary/aromatic N) is 3. The SMILES string of the molecule is CCCn1c(=NC(=O)c2ccc(S(=O)(=O)N3CC(C)CC(C)C3)cc2)sc2cc(C(C)C)ccc21. The molecule has 1 aliphatic rings. The molecule has 6 nitrogen and oxygen atoms in total. The summed E-state index contributed by atoms with van der Waals surface area (Å²) in [6.45, 7) is 12.5. The third kappa shape index (κ3) is 5.44. The predicted octanol–water partition coefficient (Wildman–Crippen LogP) is 5.64. The first kappa shape index (κ1) is 25.8. The standard InChI is InChI=1S/C27H35N3O3S2/c1-6-13-30-24-12-9-22(18(2)3)15-25(24)34-27(30)28-26(31)21-7-10-23(11-8-21)35(32,33)29-16-19(4)14-20(5)17-29/h7-12,15,18-20H,6,13-14,16-17H2,1-5H3. The van der Waals surface area contributed by atoms with Crippen LogP contribution in [0.3, 0.4) is 0 Å². The molecule has 0 bridgehead atoms. The number of carbonyl (C=O) groups excluding carboxylic acids is 1. The fourth-order valence-corrected chi connectivity index (χ4v) is 7.63. The van der Waals surface area contributed by atoms with Crippen molar-refractivity contribution < 1.29 is 13.2 Å². The number of aryl methyl sites for hydroxylation is 1. The van der Waals surface area contributed by atoms with E-state index in [9.17, 15) is 13.2 Å². The molecule has 1 saturated heterocycles. The Kier molecular flexibility index (Phi) is 7.64. The molecule has 0 aliphatic carbocycles. The van der Waals surface area contributed by atoms with Crippen molar-refractivity contribution >= 4 is 37.5 Å². The Morgan fingerprint density at radius 1 is 1.09 bits per heavy atom. The fraction of sp³-hybridized carbons (Fsp3) is 0.481. The van der Waals surface area contributed by atoms with Gasteiger partial charge in [-0.15, -0.1) is 0 Å². The molecule has 0 radical (unpaired) electrons. The summed E-state index contributed by atoms with van der Waals surface area (Å²) in [5, 5.41) is 0. The first-order valence-corrected chi connectivity index (χ1v) is 14.7. The summed E-state index contributed by atoms with van der Waals surface area (Å²) >= 11 is 1.52. The molecule has 2 heterocycles. The van der Waals surface area contributed by atoms with Gasteiger partial charge in [0.2, 0.25) is 10.0 Å². The Morgan fingerprint density at radius 2 is 1.74 bits per heavy atom. The van der Waals surface area contributed by atoms with Gasteiger partial charge in [0.1, 0.15) is 0 Å². The number of fused-ring (bicyclic) bond motifs is 1. The molecule has 0 N–H and O–H groups in total. The summed E-state index contributed by atoms with van der Waals surface area (Å²) in [7, 11) is -3.58. The van der Waals surface area contributed by atoms with Crippen LogP contribution in [0.4, 0.5) is 0 Å². The number of hydrogen-bond donors (Lipinski definition) is 0. The summed E-state index contributed by atoms with van der Waals surface area (Å²) in [4.78, 5) is 18.4. The van der Waals surface area contributed by atoms with Crippen LogP contribution in [0.1, 0.15) is 69.3 Å². The lowest BCUT2D eigenvalue weighted by atomic mass is 9.94. The summed E-state index contributed by atoms with van der Waals surface area (Å²) in [6.07, 6.45) is 1.97. The van der Waals surface area contributed by atoms with Crippen LogP contribution >= 0.6 is 11.3 Å². The van der Waals surface area contributed by atoms with E-state index < -0.39 is 10.0 Å². The minimum atomic E-state index is -3.58. The van der Waals surface area contributed by atoms with E-state index in [2.05, 4.69) is 62.4 Å². The van der Waals surface area contributed by atoms with Gasteiger partial charge in [0, 0.05) is 25.2 Å². The lowest BCUT2D eigenvalue weighted by Gasteiger charge is -2.34. The number of carbonyl (C=O) groups is 1. The normalized spacial score (nSPS) is 20.1. The molecule has 1 amide bonds. The van der Waals surface area contributed by atoms with Gasteiger partial charge in [-0.1, -0.05) is 52.0 Å². The molecule has 2 aromatic carbocycles. The molecule has 35 heavy (non-hydrogen) atoms. The van der Waals surface area contributed by atoms with Crippen LogP contribution in [-0.2, 0) is 16.6 Å². The average molecular weight is 514 g/mol. The highest BCUT2D eigenvalue weighted by Gasteiger charge is 2.31. The van der Waals surface area contributed by atoms with Gasteiger partial charge in [-0.3, -0.25) is 4.79 Å². The number of thiazole rings is 1. The van der Waals surface area contributed by atoms with Crippen LogP contribution in [0.15, 0.2) is 52.4 Å². The van der Waals surface area contributed by atoms with Crippen LogP contribution in [-0.4, -0.2) is 36.3 Å². The molecule has 4 rings (SSSR count). The topological polar surface area (TPSA) is 71.7 Å². The van der Waals surface area contributed by atoms with Crippen molar-refractivity contribution in [2.45, 2.75) is 64.8 Å². The van der Waals surface area contributed by atoms with E-state index in [1.54, 1.807) is 16.4 Å². The zero-order valence-corrected chi connectivity index (χ0v) is 22.8. The Bertz CT molecular complexity index is 1380. The van der Waals surface area contributed by atoms with Crippen molar-refractivity contribution in [3.8, 4) is 0 Å². The van der Waals surface area contributed by atoms with Crippen molar-refractivity contribution in [1.29, 1.82) is 0 Å². The van der Waals surface area contributed by atoms with Crippen LogP contribution in [0.25, 0.3) is 10.2 Å². The van der Waals surface area contributed by atoms with Crippen LogP contribution < -0.4 is 4.80 Å². The molecular weight excluding hydrogens is 478 g/mol. The van der Waals surface area contributed by atoms with Crippen LogP contribution in [0, 0.1) is 11.8 Å². The Morgan fingerprint density at radius 3 is 2.34 bits per heavy atom. The molecule has 0 saturated carbocycles. The van der Waals surface area contributed by atoms with E-state index >= 15 is 0 Å². The molecule has 188 valence electrons. The van der Waals surface area contributed by atoms with Gasteiger partial charge in [0.05, 0.1) is 15.1 Å². The van der Waals surface area contributed by atoms with Crippen molar-refractivity contribution in [3.05, 3.63) is 58.4 Å². The monoisotopic (exact) mass is 513 g/mol. The molecule has 2 unspecified atom stereocenters. The second kappa shape index (κ2) is 10.4. The third-order valence-electron chi connectivity index (χ3n) is 6.59. The van der Waals surface area contributed by atoms with E-state index in [1.165, 1.54) is 29.0 Å². The molecule has 1 aromatic heterocycles. The van der Waals surface area contributed by atoms with Crippen molar-refractivity contribution in [2.75, 3.05) is 13.1 Å². The van der Waals surface area contributed by atoms with Gasteiger partial charge >= 0.3 is 0 Å². The van der Waals surface area contributed by atoms with E-state index in [0.29, 0.717) is 41.2 Å². The predicted molar refractivity (Wildman–Crippen MR) is 142 cm³/mol. The van der Waals surface area contributed by atoms with Crippen molar-refractivity contribution in [1.82, 2.24) is 8.87 Å². The Hall–Kier alpha value is -2.29. The largest absolute Gasteiger partial charge is 0.316 e. The molecular formula is C27H35N3O3S2. The van der Waals surface area contributed by atoms with Crippen molar-refractivity contribution in [2.24, 2.45) is 16.8 Å². The van der Waals surface area contributed by atoms with E-state index in [4.69, 9.17) is 0 Å². The highest BCUT2D eigenvalue weighted by molar-refractivity contribution is 7.89. The first-order valence-electron chi connectivity index (χ1n) is 12.4. The van der Waals surface area contributed by atoms with Gasteiger partial charge in [0.15, 0.2) is 4.80 Å². The van der Waals surface area contributed by atoms with Crippen LogP contribution in [0.2, 0.25) is 0 Å². The molecule has 2 atom stereocenters. The number of amides is 1. The number of piperidine rings is 1. The highest BCUT2D eigenvalue weighted by atomic mass is 32.2. The molecule has 8 heteroatoms. The first-order chi connectivity index (χ1) is 16.6. The van der Waals surface area contributed by atoms with Crippen molar-refractivity contribution in [3.63, 3.8) is 0 Å². The zero-order chi connectivity index (χ0) is 25.3. The molecule has 1 fully saturated rings.